The van der Waals surface area contributed by atoms with Crippen LogP contribution in [0, 0.1) is 23.7 Å². The fourth-order valence-corrected chi connectivity index (χ4v) is 5.06. The van der Waals surface area contributed by atoms with E-state index in [0.29, 0.717) is 11.6 Å². The molecular weight excluding hydrogens is 380 g/mol. The summed E-state index contributed by atoms with van der Waals surface area (Å²) in [4.78, 5) is 28.4. The number of nitrogens with zero attached hydrogens (tertiary/aromatic N) is 1. The Bertz CT molecular complexity index is 847. The number of thiazole rings is 1. The molecule has 1 heterocycles. The molecule has 0 spiro atoms. The van der Waals surface area contributed by atoms with Crippen molar-refractivity contribution < 1.29 is 14.7 Å². The van der Waals surface area contributed by atoms with Gasteiger partial charge in [-0.15, -0.1) is 0 Å². The zero-order chi connectivity index (χ0) is 16.1. The van der Waals surface area contributed by atoms with E-state index in [1.165, 1.54) is 11.3 Å². The van der Waals surface area contributed by atoms with Crippen molar-refractivity contribution in [2.75, 3.05) is 5.32 Å². The van der Waals surface area contributed by atoms with Gasteiger partial charge in [0.2, 0.25) is 5.91 Å². The van der Waals surface area contributed by atoms with E-state index >= 15 is 0 Å². The molecule has 1 aromatic carbocycles. The van der Waals surface area contributed by atoms with Crippen LogP contribution in [0.3, 0.4) is 0 Å². The molecule has 1 aromatic heterocycles. The number of carbonyl (C=O) groups excluding carboxylic acids is 2. The zero-order valence-electron chi connectivity index (χ0n) is 11.9. The molecule has 0 unspecified atom stereocenters. The smallest absolute Gasteiger partial charge is 0.230 e. The maximum atomic E-state index is 12.6. The van der Waals surface area contributed by atoms with Crippen LogP contribution < -0.4 is 10.4 Å². The van der Waals surface area contributed by atoms with Gasteiger partial charge in [-0.1, -0.05) is 39.4 Å². The monoisotopic (exact) mass is 391 g/mol. The summed E-state index contributed by atoms with van der Waals surface area (Å²) in [5, 5.41) is 14.7. The normalized spacial score (nSPS) is 28.4. The first-order chi connectivity index (χ1) is 11.0. The Morgan fingerprint density at radius 2 is 2.00 bits per heavy atom. The number of carbonyl (C=O) groups is 2. The predicted octanol–water partition coefficient (Wildman–Crippen LogP) is 2.19. The molecule has 1 saturated carbocycles. The van der Waals surface area contributed by atoms with Crippen LogP contribution in [0.15, 0.2) is 34.8 Å². The van der Waals surface area contributed by atoms with Crippen LogP contribution in [0.4, 0.5) is 5.13 Å². The standard InChI is InChI=1S/C16H13BrN2O3S/c17-9-3-4-10-11(6-9)23-16(18-10)19-14(20)12-7-1-2-8(5-7)13(12)15(21)22/h1-4,6-8,12-13H,5H2,(H,21,22)(H,18,19,20)/p-1/t7-,8+,12-,13+/m1/s1. The number of anilines is 1. The Morgan fingerprint density at radius 1 is 1.26 bits per heavy atom. The van der Waals surface area contributed by atoms with Crippen molar-refractivity contribution in [2.24, 2.45) is 23.7 Å². The summed E-state index contributed by atoms with van der Waals surface area (Å²) in [6.45, 7) is 0. The molecule has 0 saturated heterocycles. The highest BCUT2D eigenvalue weighted by Crippen LogP contribution is 2.48. The Kier molecular flexibility index (Phi) is 3.50. The fraction of sp³-hybridized carbons (Fsp3) is 0.312. The summed E-state index contributed by atoms with van der Waals surface area (Å²) in [5.41, 5.74) is 0.804. The van der Waals surface area contributed by atoms with E-state index in [-0.39, 0.29) is 17.7 Å². The molecular formula is C16H12BrN2O3S-. The number of hydrogen-bond donors (Lipinski definition) is 1. The summed E-state index contributed by atoms with van der Waals surface area (Å²) in [5.74, 6) is -2.86. The number of carboxylic acids is 1. The lowest BCUT2D eigenvalue weighted by Crippen LogP contribution is -2.42. The number of amides is 1. The van der Waals surface area contributed by atoms with Crippen molar-refractivity contribution in [3.05, 3.63) is 34.8 Å². The van der Waals surface area contributed by atoms with Crippen LogP contribution in [-0.4, -0.2) is 16.9 Å². The van der Waals surface area contributed by atoms with Crippen LogP contribution in [0.2, 0.25) is 0 Å². The lowest BCUT2D eigenvalue weighted by atomic mass is 9.82. The summed E-state index contributed by atoms with van der Waals surface area (Å²) < 4.78 is 1.90. The maximum absolute atomic E-state index is 12.6. The van der Waals surface area contributed by atoms with Gasteiger partial charge in [-0.2, -0.15) is 0 Å². The topological polar surface area (TPSA) is 82.1 Å². The van der Waals surface area contributed by atoms with Gasteiger partial charge in [0.25, 0.3) is 0 Å². The molecule has 1 fully saturated rings. The van der Waals surface area contributed by atoms with E-state index < -0.39 is 17.8 Å². The third-order valence-corrected chi connectivity index (χ3v) is 6.04. The SMILES string of the molecule is O=C([O-])[C@@H]1[C@H](C(=O)Nc2nc3ccc(Br)cc3s2)[C@@H]2C=C[C@H]1C2. The minimum absolute atomic E-state index is 0.0218. The quantitative estimate of drug-likeness (QED) is 0.812. The van der Waals surface area contributed by atoms with E-state index in [2.05, 4.69) is 26.2 Å². The van der Waals surface area contributed by atoms with Crippen molar-refractivity contribution in [3.63, 3.8) is 0 Å². The number of halogens is 1. The molecule has 0 radical (unpaired) electrons. The van der Waals surface area contributed by atoms with E-state index in [9.17, 15) is 14.7 Å². The number of rotatable bonds is 3. The van der Waals surface area contributed by atoms with Crippen LogP contribution >= 0.6 is 27.3 Å². The molecule has 5 nitrogen and oxygen atoms in total. The van der Waals surface area contributed by atoms with E-state index in [1.807, 2.05) is 30.4 Å². The van der Waals surface area contributed by atoms with Gasteiger partial charge < -0.3 is 15.2 Å². The second-order valence-corrected chi connectivity index (χ2v) is 7.89. The molecule has 1 amide bonds. The largest absolute Gasteiger partial charge is 0.550 e. The molecule has 2 aromatic rings. The number of aliphatic carboxylic acids is 1. The fourth-order valence-electron chi connectivity index (χ4n) is 3.64. The van der Waals surface area contributed by atoms with Crippen LogP contribution in [0.1, 0.15) is 6.42 Å². The van der Waals surface area contributed by atoms with Crippen LogP contribution in [0.5, 0.6) is 0 Å². The Balaban J connectivity index is 1.59. The molecule has 2 aliphatic rings. The van der Waals surface area contributed by atoms with Gasteiger partial charge in [-0.3, -0.25) is 4.79 Å². The van der Waals surface area contributed by atoms with Crippen LogP contribution in [-0.2, 0) is 9.59 Å². The Labute approximate surface area is 144 Å². The van der Waals surface area contributed by atoms with Crippen LogP contribution in [0.25, 0.3) is 10.2 Å². The molecule has 4 rings (SSSR count). The highest BCUT2D eigenvalue weighted by molar-refractivity contribution is 9.10. The van der Waals surface area contributed by atoms with E-state index in [0.717, 1.165) is 14.7 Å². The first-order valence-corrected chi connectivity index (χ1v) is 8.90. The molecule has 0 aliphatic heterocycles. The number of aromatic nitrogens is 1. The molecule has 7 heteroatoms. The number of nitrogens with one attached hydrogen (secondary N) is 1. The predicted molar refractivity (Wildman–Crippen MR) is 88.7 cm³/mol. The van der Waals surface area contributed by atoms with E-state index in [1.54, 1.807) is 0 Å². The summed E-state index contributed by atoms with van der Waals surface area (Å²) in [6, 6.07) is 5.70. The van der Waals surface area contributed by atoms with Gasteiger partial charge in [0, 0.05) is 16.4 Å². The molecule has 2 bridgehead atoms. The Hall–Kier alpha value is -1.73. The van der Waals surface area contributed by atoms with Gasteiger partial charge in [-0.25, -0.2) is 4.98 Å². The van der Waals surface area contributed by atoms with Crippen molar-refractivity contribution >= 4 is 54.5 Å². The molecule has 1 N–H and O–H groups in total. The molecule has 4 atom stereocenters. The van der Waals surface area contributed by atoms with Gasteiger partial charge in [0.15, 0.2) is 5.13 Å². The highest BCUT2D eigenvalue weighted by Gasteiger charge is 2.48. The zero-order valence-corrected chi connectivity index (χ0v) is 14.3. The minimum Gasteiger partial charge on any atom is -0.550 e. The molecule has 23 heavy (non-hydrogen) atoms. The second kappa shape index (κ2) is 5.42. The average Bonchev–Trinajstić information content (AvgIpc) is 3.18. The average molecular weight is 392 g/mol. The van der Waals surface area contributed by atoms with Gasteiger partial charge in [0.1, 0.15) is 0 Å². The minimum atomic E-state index is -1.14. The summed E-state index contributed by atoms with van der Waals surface area (Å²) >= 11 is 4.78. The first-order valence-electron chi connectivity index (χ1n) is 7.29. The van der Waals surface area contributed by atoms with Crippen molar-refractivity contribution in [3.8, 4) is 0 Å². The van der Waals surface area contributed by atoms with Gasteiger partial charge >= 0.3 is 0 Å². The number of hydrogen-bond acceptors (Lipinski definition) is 5. The maximum Gasteiger partial charge on any atom is 0.230 e. The molecule has 2 aliphatic carbocycles. The van der Waals surface area contributed by atoms with Gasteiger partial charge in [-0.05, 0) is 36.5 Å². The Morgan fingerprint density at radius 3 is 2.74 bits per heavy atom. The van der Waals surface area contributed by atoms with E-state index in [4.69, 9.17) is 0 Å². The first kappa shape index (κ1) is 14.8. The third-order valence-electron chi connectivity index (χ3n) is 4.61. The van der Waals surface area contributed by atoms with Crippen molar-refractivity contribution in [1.82, 2.24) is 4.98 Å². The molecule has 118 valence electrons. The lowest BCUT2D eigenvalue weighted by Gasteiger charge is -2.27. The van der Waals surface area contributed by atoms with Crippen molar-refractivity contribution in [1.29, 1.82) is 0 Å². The summed E-state index contributed by atoms with van der Waals surface area (Å²) in [7, 11) is 0. The van der Waals surface area contributed by atoms with Crippen molar-refractivity contribution in [2.45, 2.75) is 6.42 Å². The number of fused-ring (bicyclic) bond motifs is 3. The van der Waals surface area contributed by atoms with Gasteiger partial charge in [0.05, 0.1) is 16.1 Å². The highest BCUT2D eigenvalue weighted by atomic mass is 79.9. The second-order valence-electron chi connectivity index (χ2n) is 5.94. The number of benzene rings is 1. The number of allylic oxidation sites excluding steroid dienone is 2. The summed E-state index contributed by atoms with van der Waals surface area (Å²) in [6.07, 6.45) is 4.55. The lowest BCUT2D eigenvalue weighted by molar-refractivity contribution is -0.313. The third kappa shape index (κ3) is 2.48. The number of carboxylic acid groups (broad SMARTS) is 1.